The molecule has 1 aliphatic heterocycles. The maximum atomic E-state index is 13.8. The van der Waals surface area contributed by atoms with Gasteiger partial charge in [-0.1, -0.05) is 60.7 Å². The van der Waals surface area contributed by atoms with E-state index in [-0.39, 0.29) is 30.7 Å². The van der Waals surface area contributed by atoms with E-state index in [0.29, 0.717) is 23.7 Å². The summed E-state index contributed by atoms with van der Waals surface area (Å²) in [5.74, 6) is -0.687. The van der Waals surface area contributed by atoms with Crippen molar-refractivity contribution >= 4 is 46.1 Å². The number of amides is 2. The Morgan fingerprint density at radius 3 is 2.33 bits per heavy atom. The van der Waals surface area contributed by atoms with Crippen LogP contribution < -0.4 is 15.5 Å². The van der Waals surface area contributed by atoms with E-state index in [1.54, 1.807) is 32.9 Å². The van der Waals surface area contributed by atoms with E-state index in [0.717, 1.165) is 33.4 Å². The van der Waals surface area contributed by atoms with Crippen LogP contribution in [0.5, 0.6) is 0 Å². The fraction of sp³-hybridized carbons (Fsp3) is 0.222. The molecule has 0 bridgehead atoms. The molecule has 9 heteroatoms. The van der Waals surface area contributed by atoms with Gasteiger partial charge in [-0.05, 0) is 73.9 Å². The number of imidazole rings is 1. The summed E-state index contributed by atoms with van der Waals surface area (Å²) < 4.78 is 5.54. The number of ether oxygens (including phenoxy) is 1. The molecule has 0 saturated heterocycles. The zero-order valence-corrected chi connectivity index (χ0v) is 25.5. The average molecular weight is 602 g/mol. The molecule has 0 spiro atoms. The van der Waals surface area contributed by atoms with Gasteiger partial charge in [0.1, 0.15) is 12.1 Å². The third-order valence-electron chi connectivity index (χ3n) is 7.61. The smallest absolute Gasteiger partial charge is 0.326 e. The molecule has 0 aliphatic carbocycles. The molecule has 1 unspecified atom stereocenters. The minimum Gasteiger partial charge on any atom is -0.459 e. The van der Waals surface area contributed by atoms with Gasteiger partial charge in [0.25, 0.3) is 5.91 Å². The first-order valence-electron chi connectivity index (χ1n) is 14.9. The number of rotatable bonds is 8. The highest BCUT2D eigenvalue weighted by Gasteiger charge is 2.35. The second kappa shape index (κ2) is 12.3. The first-order chi connectivity index (χ1) is 21.6. The van der Waals surface area contributed by atoms with Crippen LogP contribution in [0.4, 0.5) is 17.3 Å². The number of esters is 1. The molecular weight excluding hydrogens is 566 g/mol. The first-order valence-corrected chi connectivity index (χ1v) is 14.9. The van der Waals surface area contributed by atoms with Crippen LogP contribution in [0.2, 0.25) is 0 Å². The third kappa shape index (κ3) is 6.72. The summed E-state index contributed by atoms with van der Waals surface area (Å²) in [4.78, 5) is 49.3. The summed E-state index contributed by atoms with van der Waals surface area (Å²) in [7, 11) is 0. The van der Waals surface area contributed by atoms with E-state index >= 15 is 0 Å². The molecule has 0 radical (unpaired) electrons. The van der Waals surface area contributed by atoms with Crippen LogP contribution in [0.1, 0.15) is 60.2 Å². The molecule has 9 nitrogen and oxygen atoms in total. The predicted octanol–water partition coefficient (Wildman–Crippen LogP) is 6.45. The summed E-state index contributed by atoms with van der Waals surface area (Å²) in [6.45, 7) is 5.49. The second-order valence-corrected chi connectivity index (χ2v) is 12.1. The Balaban J connectivity index is 1.17. The maximum absolute atomic E-state index is 13.8. The van der Waals surface area contributed by atoms with Crippen molar-refractivity contribution < 1.29 is 19.1 Å². The monoisotopic (exact) mass is 601 g/mol. The van der Waals surface area contributed by atoms with E-state index in [2.05, 4.69) is 20.6 Å². The van der Waals surface area contributed by atoms with Gasteiger partial charge in [-0.25, -0.2) is 4.98 Å². The van der Waals surface area contributed by atoms with Crippen molar-refractivity contribution in [1.82, 2.24) is 15.3 Å². The first kappa shape index (κ1) is 29.6. The highest BCUT2D eigenvalue weighted by atomic mass is 16.6. The number of aromatic nitrogens is 2. The van der Waals surface area contributed by atoms with E-state index in [9.17, 15) is 14.4 Å². The van der Waals surface area contributed by atoms with Crippen molar-refractivity contribution in [3.05, 3.63) is 119 Å². The molecule has 228 valence electrons. The van der Waals surface area contributed by atoms with Gasteiger partial charge in [-0.3, -0.25) is 19.3 Å². The van der Waals surface area contributed by atoms with Crippen LogP contribution in [0.25, 0.3) is 11.0 Å². The highest BCUT2D eigenvalue weighted by molar-refractivity contribution is 6.11. The lowest BCUT2D eigenvalue weighted by Gasteiger charge is -2.26. The van der Waals surface area contributed by atoms with E-state index in [1.807, 2.05) is 84.9 Å². The van der Waals surface area contributed by atoms with E-state index in [1.165, 1.54) is 4.90 Å². The number of hydrogen-bond acceptors (Lipinski definition) is 6. The Morgan fingerprint density at radius 2 is 1.58 bits per heavy atom. The number of carbonyl (C=O) groups is 3. The Bertz CT molecular complexity index is 1840. The lowest BCUT2D eigenvalue weighted by molar-refractivity contribution is -0.152. The van der Waals surface area contributed by atoms with Crippen LogP contribution in [0, 0.1) is 0 Å². The Kier molecular flexibility index (Phi) is 8.08. The largest absolute Gasteiger partial charge is 0.459 e. The number of fused-ring (bicyclic) bond motifs is 3. The lowest BCUT2D eigenvalue weighted by atomic mass is 9.85. The molecule has 45 heavy (non-hydrogen) atoms. The van der Waals surface area contributed by atoms with Crippen molar-refractivity contribution in [2.24, 2.45) is 0 Å². The minimum absolute atomic E-state index is 0.132. The van der Waals surface area contributed by atoms with Crippen molar-refractivity contribution in [2.45, 2.75) is 45.3 Å². The number of para-hydroxylation sites is 3. The van der Waals surface area contributed by atoms with Gasteiger partial charge in [0, 0.05) is 35.8 Å². The van der Waals surface area contributed by atoms with Crippen LogP contribution in [0.15, 0.2) is 97.1 Å². The van der Waals surface area contributed by atoms with Crippen LogP contribution in [-0.2, 0) is 20.9 Å². The molecule has 2 amide bonds. The molecule has 0 fully saturated rings. The van der Waals surface area contributed by atoms with E-state index < -0.39 is 11.6 Å². The van der Waals surface area contributed by atoms with Crippen LogP contribution >= 0.6 is 0 Å². The fourth-order valence-corrected chi connectivity index (χ4v) is 5.64. The Labute approximate surface area is 261 Å². The molecule has 1 aromatic heterocycles. The van der Waals surface area contributed by atoms with Gasteiger partial charge in [-0.2, -0.15) is 0 Å². The van der Waals surface area contributed by atoms with E-state index in [4.69, 9.17) is 4.74 Å². The SMILES string of the molecule is CC(C)(C)OC(=O)CN1C(=O)c2ccccc2C(CC(=O)NCc2ccc(Nc3nc4ccccc4[nH]3)cc2)c2ccccc21. The van der Waals surface area contributed by atoms with Crippen LogP contribution in [0.3, 0.4) is 0 Å². The number of anilines is 3. The Hall–Kier alpha value is -5.44. The molecule has 1 atom stereocenters. The van der Waals surface area contributed by atoms with Crippen LogP contribution in [-0.4, -0.2) is 39.9 Å². The highest BCUT2D eigenvalue weighted by Crippen LogP contribution is 2.40. The summed E-state index contributed by atoms with van der Waals surface area (Å²) in [6, 6.07) is 30.4. The van der Waals surface area contributed by atoms with Gasteiger partial charge in [0.2, 0.25) is 11.9 Å². The molecule has 6 rings (SSSR count). The molecule has 3 N–H and O–H groups in total. The topological polar surface area (TPSA) is 116 Å². The number of benzene rings is 4. The summed E-state index contributed by atoms with van der Waals surface area (Å²) in [6.07, 6.45) is 0.132. The van der Waals surface area contributed by atoms with Crippen molar-refractivity contribution in [3.63, 3.8) is 0 Å². The van der Waals surface area contributed by atoms with Gasteiger partial charge < -0.3 is 20.4 Å². The number of H-pyrrole nitrogens is 1. The number of carbonyl (C=O) groups excluding carboxylic acids is 3. The zero-order chi connectivity index (χ0) is 31.6. The Morgan fingerprint density at radius 1 is 0.889 bits per heavy atom. The summed E-state index contributed by atoms with van der Waals surface area (Å²) in [5, 5.41) is 6.32. The molecular formula is C36H35N5O4. The van der Waals surface area contributed by atoms with Gasteiger partial charge >= 0.3 is 5.97 Å². The fourth-order valence-electron chi connectivity index (χ4n) is 5.64. The predicted molar refractivity (Wildman–Crippen MR) is 175 cm³/mol. The average Bonchev–Trinajstić information content (AvgIpc) is 3.40. The normalized spacial score (nSPS) is 14.3. The van der Waals surface area contributed by atoms with Gasteiger partial charge in [0.05, 0.1) is 11.0 Å². The number of nitrogens with one attached hydrogen (secondary N) is 3. The van der Waals surface area contributed by atoms with Crippen molar-refractivity contribution in [3.8, 4) is 0 Å². The number of hydrogen-bond donors (Lipinski definition) is 3. The molecule has 4 aromatic carbocycles. The quantitative estimate of drug-likeness (QED) is 0.176. The lowest BCUT2D eigenvalue weighted by Crippen LogP contribution is -2.39. The molecule has 1 aliphatic rings. The maximum Gasteiger partial charge on any atom is 0.326 e. The standard InChI is InChI=1S/C36H35N5O4/c1-36(2,3)45-33(43)22-41-31-15-9-6-11-26(31)28(25-10-4-5-12-27(25)34(41)44)20-32(42)37-21-23-16-18-24(19-17-23)38-35-39-29-13-7-8-14-30(29)40-35/h4-19,28H,20-22H2,1-3H3,(H,37,42)(H2,38,39,40). The third-order valence-corrected chi connectivity index (χ3v) is 7.61. The van der Waals surface area contributed by atoms with Crippen molar-refractivity contribution in [1.29, 1.82) is 0 Å². The van der Waals surface area contributed by atoms with Crippen molar-refractivity contribution in [2.75, 3.05) is 16.8 Å². The molecule has 2 heterocycles. The molecule has 0 saturated carbocycles. The van der Waals surface area contributed by atoms with Gasteiger partial charge in [0.15, 0.2) is 0 Å². The summed E-state index contributed by atoms with van der Waals surface area (Å²) >= 11 is 0. The number of aromatic amines is 1. The molecule has 5 aromatic rings. The summed E-state index contributed by atoms with van der Waals surface area (Å²) in [5.41, 5.74) is 5.58. The van der Waals surface area contributed by atoms with Gasteiger partial charge in [-0.15, -0.1) is 0 Å². The second-order valence-electron chi connectivity index (χ2n) is 12.1. The number of nitrogens with zero attached hydrogens (tertiary/aromatic N) is 2. The minimum atomic E-state index is -0.685. The zero-order valence-electron chi connectivity index (χ0n) is 25.5.